The van der Waals surface area contributed by atoms with Gasteiger partial charge in [-0.05, 0) is 53.6 Å². The fraction of sp³-hybridized carbons (Fsp3) is 0.136. The van der Waals surface area contributed by atoms with Gasteiger partial charge in [-0.3, -0.25) is 10.3 Å². The lowest BCUT2D eigenvalue weighted by Gasteiger charge is -2.31. The van der Waals surface area contributed by atoms with Crippen molar-refractivity contribution in [3.8, 4) is 5.75 Å². The van der Waals surface area contributed by atoms with E-state index in [1.165, 1.54) is 0 Å². The average Bonchev–Trinajstić information content (AvgIpc) is 2.70. The maximum atomic E-state index is 10.5. The molecular formula is C22H17Br3N2O. The van der Waals surface area contributed by atoms with Crippen molar-refractivity contribution in [2.24, 2.45) is 4.99 Å². The molecule has 6 heteroatoms. The van der Waals surface area contributed by atoms with Crippen molar-refractivity contribution < 1.29 is 5.11 Å². The summed E-state index contributed by atoms with van der Waals surface area (Å²) in [5.74, 6) is 0.285. The monoisotopic (exact) mass is 562 g/mol. The first-order valence-corrected chi connectivity index (χ1v) is 11.2. The first-order valence-electron chi connectivity index (χ1n) is 8.82. The molecular weight excluding hydrogens is 548 g/mol. The number of benzene rings is 3. The van der Waals surface area contributed by atoms with Crippen LogP contribution in [0.4, 0.5) is 0 Å². The number of nitrogens with one attached hydrogen (secondary N) is 1. The Kier molecular flexibility index (Phi) is 6.01. The van der Waals surface area contributed by atoms with Crippen molar-refractivity contribution in [1.29, 1.82) is 0 Å². The van der Waals surface area contributed by atoms with Gasteiger partial charge in [-0.15, -0.1) is 0 Å². The van der Waals surface area contributed by atoms with Gasteiger partial charge in [0.25, 0.3) is 0 Å². The third-order valence-electron chi connectivity index (χ3n) is 4.77. The summed E-state index contributed by atoms with van der Waals surface area (Å²) in [7, 11) is 0. The van der Waals surface area contributed by atoms with Crippen molar-refractivity contribution in [3.05, 3.63) is 96.8 Å². The maximum Gasteiger partial charge on any atom is 0.126 e. The van der Waals surface area contributed by atoms with Crippen molar-refractivity contribution in [2.75, 3.05) is 0 Å². The minimum absolute atomic E-state index is 0.0534. The predicted molar refractivity (Wildman–Crippen MR) is 124 cm³/mol. The Morgan fingerprint density at radius 3 is 2.11 bits per heavy atom. The van der Waals surface area contributed by atoms with E-state index >= 15 is 0 Å². The maximum absolute atomic E-state index is 10.5. The largest absolute Gasteiger partial charge is 0.508 e. The van der Waals surface area contributed by atoms with Gasteiger partial charge in [-0.25, -0.2) is 0 Å². The number of halogens is 3. The third kappa shape index (κ3) is 4.40. The normalized spacial score (nSPS) is 19.3. The van der Waals surface area contributed by atoms with E-state index in [1.807, 2.05) is 36.4 Å². The van der Waals surface area contributed by atoms with Gasteiger partial charge in [0.1, 0.15) is 11.9 Å². The summed E-state index contributed by atoms with van der Waals surface area (Å²) in [6, 6.07) is 21.9. The van der Waals surface area contributed by atoms with Gasteiger partial charge < -0.3 is 5.11 Å². The highest BCUT2D eigenvalue weighted by molar-refractivity contribution is 9.11. The van der Waals surface area contributed by atoms with Gasteiger partial charge in [-0.2, -0.15) is 0 Å². The zero-order valence-electron chi connectivity index (χ0n) is 14.7. The number of aliphatic imine (C=N–C) groups is 1. The first-order chi connectivity index (χ1) is 13.5. The molecule has 1 aliphatic heterocycles. The highest BCUT2D eigenvalue weighted by Crippen LogP contribution is 2.36. The Morgan fingerprint density at radius 2 is 1.43 bits per heavy atom. The van der Waals surface area contributed by atoms with Gasteiger partial charge in [0.15, 0.2) is 0 Å². The van der Waals surface area contributed by atoms with Crippen LogP contribution >= 0.6 is 47.8 Å². The molecule has 28 heavy (non-hydrogen) atoms. The number of hydrogen-bond acceptors (Lipinski definition) is 3. The SMILES string of the molecule is Oc1ccc(Br)cc1C1CC(c2ccc(Br)cc2)=NC(c2ccc(Br)cc2)N1. The summed E-state index contributed by atoms with van der Waals surface area (Å²) in [6.07, 6.45) is 0.502. The minimum Gasteiger partial charge on any atom is -0.508 e. The first kappa shape index (κ1) is 19.8. The van der Waals surface area contributed by atoms with Crippen LogP contribution in [-0.4, -0.2) is 10.8 Å². The molecule has 0 aliphatic carbocycles. The van der Waals surface area contributed by atoms with Gasteiger partial charge in [0.2, 0.25) is 0 Å². The lowest BCUT2D eigenvalue weighted by atomic mass is 9.93. The average molecular weight is 565 g/mol. The molecule has 1 heterocycles. The molecule has 0 bridgehead atoms. The number of nitrogens with zero attached hydrogens (tertiary/aromatic N) is 1. The molecule has 3 nitrogen and oxygen atoms in total. The van der Waals surface area contributed by atoms with Crippen LogP contribution in [0.5, 0.6) is 5.75 Å². The quantitative estimate of drug-likeness (QED) is 0.363. The number of phenols is 1. The predicted octanol–water partition coefficient (Wildman–Crippen LogP) is 6.90. The molecule has 0 saturated carbocycles. The van der Waals surface area contributed by atoms with Crippen LogP contribution in [0.1, 0.15) is 35.3 Å². The topological polar surface area (TPSA) is 44.6 Å². The summed E-state index contributed by atoms with van der Waals surface area (Å²) in [4.78, 5) is 4.99. The molecule has 0 saturated heterocycles. The number of hydrogen-bond donors (Lipinski definition) is 2. The van der Waals surface area contributed by atoms with Crippen molar-refractivity contribution in [1.82, 2.24) is 5.32 Å². The smallest absolute Gasteiger partial charge is 0.126 e. The minimum atomic E-state index is -0.191. The Bertz CT molecular complexity index is 1020. The molecule has 142 valence electrons. The molecule has 0 amide bonds. The fourth-order valence-electron chi connectivity index (χ4n) is 3.34. The Morgan fingerprint density at radius 1 is 0.821 bits per heavy atom. The van der Waals surface area contributed by atoms with Crippen LogP contribution < -0.4 is 5.32 Å². The third-order valence-corrected chi connectivity index (χ3v) is 6.32. The highest BCUT2D eigenvalue weighted by Gasteiger charge is 2.27. The van der Waals surface area contributed by atoms with Gasteiger partial charge in [-0.1, -0.05) is 72.1 Å². The highest BCUT2D eigenvalue weighted by atomic mass is 79.9. The van der Waals surface area contributed by atoms with Crippen LogP contribution in [0.25, 0.3) is 0 Å². The van der Waals surface area contributed by atoms with Crippen LogP contribution in [-0.2, 0) is 0 Å². The fourth-order valence-corrected chi connectivity index (χ4v) is 4.25. The number of rotatable bonds is 3. The number of aromatic hydroxyl groups is 1. The molecule has 0 spiro atoms. The van der Waals surface area contributed by atoms with Crippen LogP contribution in [0.15, 0.2) is 85.1 Å². The summed E-state index contributed by atoms with van der Waals surface area (Å²) in [5, 5.41) is 14.1. The van der Waals surface area contributed by atoms with Crippen molar-refractivity contribution in [3.63, 3.8) is 0 Å². The number of phenolic OH excluding ortho intramolecular Hbond substituents is 1. The van der Waals surface area contributed by atoms with Gasteiger partial charge in [0, 0.05) is 37.2 Å². The van der Waals surface area contributed by atoms with E-state index in [9.17, 15) is 5.11 Å². The van der Waals surface area contributed by atoms with E-state index in [-0.39, 0.29) is 18.0 Å². The van der Waals surface area contributed by atoms with Crippen molar-refractivity contribution in [2.45, 2.75) is 18.6 Å². The lowest BCUT2D eigenvalue weighted by molar-refractivity contribution is 0.412. The second kappa shape index (κ2) is 8.49. The zero-order valence-corrected chi connectivity index (χ0v) is 19.5. The van der Waals surface area contributed by atoms with E-state index in [0.29, 0.717) is 6.42 Å². The molecule has 4 rings (SSSR count). The summed E-state index contributed by atoms with van der Waals surface area (Å²) in [5.41, 5.74) is 4.05. The summed E-state index contributed by atoms with van der Waals surface area (Å²) >= 11 is 10.5. The second-order valence-corrected chi connectivity index (χ2v) is 9.41. The Labute approximate surface area is 189 Å². The molecule has 2 N–H and O–H groups in total. The van der Waals surface area contributed by atoms with E-state index < -0.39 is 0 Å². The zero-order chi connectivity index (χ0) is 19.7. The molecule has 3 aromatic carbocycles. The standard InChI is InChI=1S/C22H17Br3N2O/c23-15-5-1-13(2-6-15)19-12-20(18-11-17(25)9-10-21(18)28)27-22(26-19)14-3-7-16(24)8-4-14/h1-11,20,22,27-28H,12H2. The lowest BCUT2D eigenvalue weighted by Crippen LogP contribution is -2.33. The van der Waals surface area contributed by atoms with Gasteiger partial charge in [0.05, 0.1) is 0 Å². The molecule has 2 unspecified atom stereocenters. The Hall–Kier alpha value is -1.47. The van der Waals surface area contributed by atoms with Crippen LogP contribution in [0.3, 0.4) is 0 Å². The molecule has 1 aliphatic rings. The van der Waals surface area contributed by atoms with E-state index in [1.54, 1.807) is 6.07 Å². The summed E-state index contributed by atoms with van der Waals surface area (Å²) in [6.45, 7) is 0. The van der Waals surface area contributed by atoms with E-state index in [4.69, 9.17) is 4.99 Å². The summed E-state index contributed by atoms with van der Waals surface area (Å²) < 4.78 is 3.01. The molecule has 0 radical (unpaired) electrons. The van der Waals surface area contributed by atoms with E-state index in [0.717, 1.165) is 35.8 Å². The second-order valence-electron chi connectivity index (χ2n) is 6.66. The molecule has 2 atom stereocenters. The molecule has 3 aromatic rings. The van der Waals surface area contributed by atoms with E-state index in [2.05, 4.69) is 77.4 Å². The molecule has 0 fully saturated rings. The van der Waals surface area contributed by atoms with Crippen LogP contribution in [0, 0.1) is 0 Å². The van der Waals surface area contributed by atoms with Crippen LogP contribution in [0.2, 0.25) is 0 Å². The Balaban J connectivity index is 1.76. The van der Waals surface area contributed by atoms with Gasteiger partial charge >= 0.3 is 0 Å². The molecule has 0 aromatic heterocycles. The van der Waals surface area contributed by atoms with Crippen molar-refractivity contribution >= 4 is 53.5 Å².